The minimum atomic E-state index is -2.80. The zero-order valence-corrected chi connectivity index (χ0v) is 15.2. The van der Waals surface area contributed by atoms with E-state index in [1.54, 1.807) is 0 Å². The normalized spacial score (nSPS) is 14.2. The van der Waals surface area contributed by atoms with Crippen molar-refractivity contribution in [2.24, 2.45) is 0 Å². The Morgan fingerprint density at radius 3 is 1.91 bits per heavy atom. The predicted molar refractivity (Wildman–Crippen MR) is 102 cm³/mol. The Morgan fingerprint density at radius 2 is 1.27 bits per heavy atom. The highest BCUT2D eigenvalue weighted by molar-refractivity contribution is 7.65. The third kappa shape index (κ3) is 2.11. The van der Waals surface area contributed by atoms with Gasteiger partial charge in [0.05, 0.1) is 0 Å². The molecule has 0 amide bonds. The summed E-state index contributed by atoms with van der Waals surface area (Å²) in [6.45, 7) is 2.02. The van der Waals surface area contributed by atoms with Gasteiger partial charge in [-0.3, -0.25) is 0 Å². The van der Waals surface area contributed by atoms with Gasteiger partial charge in [0, 0.05) is 5.54 Å². The maximum Gasteiger partial charge on any atom is 0.348 e. The molecule has 1 unspecified atom stereocenters. The molecule has 0 heterocycles. The Bertz CT molecular complexity index is 972. The van der Waals surface area contributed by atoms with Gasteiger partial charge in [-0.1, -0.05) is 61.5 Å². The Hall–Kier alpha value is -0.993. The molecule has 0 nitrogen and oxygen atoms in total. The SMILES string of the molecule is CC(c1ccc2ccc3cccc4ccc1c2c34)[Si](Cl)(Cl)Cl. The van der Waals surface area contributed by atoms with E-state index in [9.17, 15) is 0 Å². The maximum absolute atomic E-state index is 6.28. The van der Waals surface area contributed by atoms with Crippen molar-refractivity contribution in [2.45, 2.75) is 12.5 Å². The summed E-state index contributed by atoms with van der Waals surface area (Å²) < 4.78 is 0. The number of halogens is 3. The van der Waals surface area contributed by atoms with E-state index < -0.39 is 6.00 Å². The quantitative estimate of drug-likeness (QED) is 0.207. The summed E-state index contributed by atoms with van der Waals surface area (Å²) >= 11 is 18.8. The van der Waals surface area contributed by atoms with Gasteiger partial charge < -0.3 is 0 Å². The molecule has 0 bridgehead atoms. The first-order chi connectivity index (χ1) is 10.5. The van der Waals surface area contributed by atoms with Crippen LogP contribution in [-0.2, 0) is 0 Å². The van der Waals surface area contributed by atoms with Crippen molar-refractivity contribution in [1.82, 2.24) is 0 Å². The molecule has 110 valence electrons. The third-order valence-electron chi connectivity index (χ3n) is 4.52. The molecule has 0 spiro atoms. The summed E-state index contributed by atoms with van der Waals surface area (Å²) in [6, 6.07) is 16.5. The highest BCUT2D eigenvalue weighted by Crippen LogP contribution is 2.42. The van der Waals surface area contributed by atoms with E-state index >= 15 is 0 Å². The Morgan fingerprint density at radius 1 is 0.727 bits per heavy atom. The molecule has 0 aromatic heterocycles. The minimum absolute atomic E-state index is 0.0398. The molecule has 4 heteroatoms. The molecule has 0 aliphatic heterocycles. The van der Waals surface area contributed by atoms with Crippen LogP contribution in [0.25, 0.3) is 32.3 Å². The lowest BCUT2D eigenvalue weighted by atomic mass is 9.91. The van der Waals surface area contributed by atoms with E-state index in [4.69, 9.17) is 33.2 Å². The molecule has 0 N–H and O–H groups in total. The van der Waals surface area contributed by atoms with Gasteiger partial charge >= 0.3 is 6.00 Å². The van der Waals surface area contributed by atoms with Crippen LogP contribution in [0.2, 0.25) is 0 Å². The fourth-order valence-electron chi connectivity index (χ4n) is 3.31. The van der Waals surface area contributed by atoms with Gasteiger partial charge in [0.25, 0.3) is 0 Å². The van der Waals surface area contributed by atoms with E-state index in [1.165, 1.54) is 32.3 Å². The van der Waals surface area contributed by atoms with E-state index in [-0.39, 0.29) is 5.54 Å². The summed E-state index contributed by atoms with van der Waals surface area (Å²) in [7, 11) is 0. The maximum atomic E-state index is 6.28. The predicted octanol–water partition coefficient (Wildman–Crippen LogP) is 6.88. The van der Waals surface area contributed by atoms with Crippen molar-refractivity contribution < 1.29 is 0 Å². The zero-order valence-electron chi connectivity index (χ0n) is 11.9. The van der Waals surface area contributed by atoms with Crippen molar-refractivity contribution >= 4 is 71.6 Å². The summed E-state index contributed by atoms with van der Waals surface area (Å²) in [5.74, 6) is 0. The van der Waals surface area contributed by atoms with Crippen molar-refractivity contribution in [3.63, 3.8) is 0 Å². The molecule has 4 aromatic rings. The van der Waals surface area contributed by atoms with Crippen LogP contribution >= 0.6 is 33.2 Å². The summed E-state index contributed by atoms with van der Waals surface area (Å²) in [5.41, 5.74) is 1.10. The molecule has 0 aliphatic rings. The summed E-state index contributed by atoms with van der Waals surface area (Å²) in [4.78, 5) is 0. The molecular formula is C18H13Cl3Si. The van der Waals surface area contributed by atoms with Crippen molar-refractivity contribution in [2.75, 3.05) is 0 Å². The molecule has 1 atom stereocenters. The van der Waals surface area contributed by atoms with Crippen LogP contribution in [-0.4, -0.2) is 6.00 Å². The van der Waals surface area contributed by atoms with Gasteiger partial charge in [0.15, 0.2) is 0 Å². The lowest BCUT2D eigenvalue weighted by Crippen LogP contribution is -2.20. The lowest BCUT2D eigenvalue weighted by molar-refractivity contribution is 1.08. The van der Waals surface area contributed by atoms with Crippen molar-refractivity contribution in [3.05, 3.63) is 60.2 Å². The first-order valence-electron chi connectivity index (χ1n) is 7.20. The number of hydrogen-bond donors (Lipinski definition) is 0. The number of hydrogen-bond acceptors (Lipinski definition) is 0. The van der Waals surface area contributed by atoms with Crippen LogP contribution < -0.4 is 0 Å². The summed E-state index contributed by atoms with van der Waals surface area (Å²) in [5, 5.41) is 7.54. The second kappa shape index (κ2) is 5.00. The van der Waals surface area contributed by atoms with Crippen LogP contribution in [0.1, 0.15) is 18.0 Å². The van der Waals surface area contributed by atoms with Crippen molar-refractivity contribution in [1.29, 1.82) is 0 Å². The smallest absolute Gasteiger partial charge is 0.125 e. The first-order valence-corrected chi connectivity index (χ1v) is 12.3. The van der Waals surface area contributed by atoms with E-state index in [0.29, 0.717) is 0 Å². The fourth-order valence-corrected chi connectivity index (χ4v) is 4.97. The third-order valence-corrected chi connectivity index (χ3v) is 8.76. The topological polar surface area (TPSA) is 0 Å². The molecule has 0 fully saturated rings. The van der Waals surface area contributed by atoms with Gasteiger partial charge in [-0.2, -0.15) is 0 Å². The Labute approximate surface area is 144 Å². The molecule has 4 aromatic carbocycles. The molecule has 22 heavy (non-hydrogen) atoms. The van der Waals surface area contributed by atoms with E-state index in [2.05, 4.69) is 54.6 Å². The molecule has 0 radical (unpaired) electrons. The van der Waals surface area contributed by atoms with Crippen LogP contribution in [0.3, 0.4) is 0 Å². The lowest BCUT2D eigenvalue weighted by Gasteiger charge is -2.21. The highest BCUT2D eigenvalue weighted by Gasteiger charge is 2.35. The zero-order chi connectivity index (χ0) is 15.5. The van der Waals surface area contributed by atoms with E-state index in [0.717, 1.165) is 5.56 Å². The molecular weight excluding hydrogens is 351 g/mol. The highest BCUT2D eigenvalue weighted by atomic mass is 35.8. The van der Waals surface area contributed by atoms with Gasteiger partial charge in [-0.05, 0) is 37.9 Å². The molecule has 0 aliphatic carbocycles. The number of rotatable bonds is 2. The first kappa shape index (κ1) is 14.6. The number of benzene rings is 4. The average molecular weight is 364 g/mol. The average Bonchev–Trinajstić information content (AvgIpc) is 2.51. The van der Waals surface area contributed by atoms with E-state index in [1.807, 2.05) is 6.92 Å². The Kier molecular flexibility index (Phi) is 3.32. The molecule has 4 rings (SSSR count). The van der Waals surface area contributed by atoms with Crippen LogP contribution in [0.5, 0.6) is 0 Å². The Balaban J connectivity index is 2.17. The van der Waals surface area contributed by atoms with Crippen LogP contribution in [0, 0.1) is 0 Å². The molecule has 0 saturated heterocycles. The van der Waals surface area contributed by atoms with Gasteiger partial charge in [-0.15, -0.1) is 33.2 Å². The largest absolute Gasteiger partial charge is 0.348 e. The van der Waals surface area contributed by atoms with Gasteiger partial charge in [0.2, 0.25) is 0 Å². The van der Waals surface area contributed by atoms with Gasteiger partial charge in [-0.25, -0.2) is 0 Å². The van der Waals surface area contributed by atoms with Crippen LogP contribution in [0.15, 0.2) is 54.6 Å². The monoisotopic (exact) mass is 362 g/mol. The second-order valence-corrected chi connectivity index (χ2v) is 14.8. The summed E-state index contributed by atoms with van der Waals surface area (Å²) in [6.07, 6.45) is 0. The molecule has 0 saturated carbocycles. The standard InChI is InChI=1S/C18H13Cl3Si/c1-11(22(19,20)21)15-9-7-14-6-5-12-3-2-4-13-8-10-16(15)18(14)17(12)13/h2-11H,1H3. The fraction of sp³-hybridized carbons (Fsp3) is 0.111. The van der Waals surface area contributed by atoms with Crippen molar-refractivity contribution in [3.8, 4) is 0 Å². The van der Waals surface area contributed by atoms with Crippen LogP contribution in [0.4, 0.5) is 0 Å². The van der Waals surface area contributed by atoms with Gasteiger partial charge in [0.1, 0.15) is 0 Å². The second-order valence-electron chi connectivity index (χ2n) is 5.77. The minimum Gasteiger partial charge on any atom is -0.125 e.